The molecular formula is C21H12ClNO3. The van der Waals surface area contributed by atoms with Crippen molar-refractivity contribution in [2.75, 3.05) is 5.32 Å². The van der Waals surface area contributed by atoms with E-state index in [1.54, 1.807) is 48.5 Å². The molecule has 4 rings (SSSR count). The summed E-state index contributed by atoms with van der Waals surface area (Å²) >= 11 is 6.25. The molecule has 0 saturated heterocycles. The summed E-state index contributed by atoms with van der Waals surface area (Å²) < 4.78 is 0. The first kappa shape index (κ1) is 16.2. The third-order valence-corrected chi connectivity index (χ3v) is 4.61. The van der Waals surface area contributed by atoms with E-state index in [0.717, 1.165) is 0 Å². The number of ketones is 2. The van der Waals surface area contributed by atoms with Crippen LogP contribution in [0.15, 0.2) is 66.7 Å². The van der Waals surface area contributed by atoms with Gasteiger partial charge in [-0.3, -0.25) is 14.4 Å². The molecule has 0 spiro atoms. The van der Waals surface area contributed by atoms with Gasteiger partial charge in [-0.25, -0.2) is 0 Å². The topological polar surface area (TPSA) is 63.2 Å². The van der Waals surface area contributed by atoms with Gasteiger partial charge < -0.3 is 5.32 Å². The lowest BCUT2D eigenvalue weighted by Gasteiger charge is -2.19. The molecule has 0 bridgehead atoms. The van der Waals surface area contributed by atoms with E-state index < -0.39 is 0 Å². The SMILES string of the molecule is O=C(Nc1cc2c(cc1Cl)C(=O)c1ccccc1C2=O)c1ccccc1. The Morgan fingerprint density at radius 3 is 1.88 bits per heavy atom. The molecule has 1 N–H and O–H groups in total. The van der Waals surface area contributed by atoms with Crippen LogP contribution in [0.1, 0.15) is 42.2 Å². The van der Waals surface area contributed by atoms with Crippen LogP contribution in [0.4, 0.5) is 5.69 Å². The maximum Gasteiger partial charge on any atom is 0.255 e. The smallest absolute Gasteiger partial charge is 0.255 e. The maximum atomic E-state index is 12.8. The number of anilines is 1. The van der Waals surface area contributed by atoms with Crippen molar-refractivity contribution in [3.63, 3.8) is 0 Å². The fraction of sp³-hybridized carbons (Fsp3) is 0. The van der Waals surface area contributed by atoms with Crippen molar-refractivity contribution in [3.8, 4) is 0 Å². The zero-order valence-electron chi connectivity index (χ0n) is 13.5. The molecule has 0 unspecified atom stereocenters. The summed E-state index contributed by atoms with van der Waals surface area (Å²) in [6, 6.07) is 18.2. The molecule has 0 atom stereocenters. The third kappa shape index (κ3) is 2.61. The van der Waals surface area contributed by atoms with Gasteiger partial charge in [-0.15, -0.1) is 0 Å². The standard InChI is InChI=1S/C21H12ClNO3/c22-17-10-15-16(20(25)14-9-5-4-8-13(14)19(15)24)11-18(17)23-21(26)12-6-2-1-3-7-12/h1-11H,(H,23,26). The first-order valence-electron chi connectivity index (χ1n) is 7.94. The molecule has 26 heavy (non-hydrogen) atoms. The molecule has 1 aliphatic rings. The Morgan fingerprint density at radius 1 is 0.731 bits per heavy atom. The Labute approximate surface area is 154 Å². The van der Waals surface area contributed by atoms with Crippen LogP contribution in [0.2, 0.25) is 5.02 Å². The minimum atomic E-state index is -0.345. The van der Waals surface area contributed by atoms with E-state index in [1.807, 2.05) is 6.07 Å². The van der Waals surface area contributed by atoms with Crippen LogP contribution in [0.25, 0.3) is 0 Å². The summed E-state index contributed by atoms with van der Waals surface area (Å²) in [7, 11) is 0. The molecule has 0 heterocycles. The molecule has 0 radical (unpaired) electrons. The van der Waals surface area contributed by atoms with E-state index in [0.29, 0.717) is 22.4 Å². The first-order valence-corrected chi connectivity index (χ1v) is 8.32. The molecule has 0 aliphatic heterocycles. The van der Waals surface area contributed by atoms with Crippen molar-refractivity contribution < 1.29 is 14.4 Å². The summed E-state index contributed by atoms with van der Waals surface area (Å²) in [4.78, 5) is 37.8. The van der Waals surface area contributed by atoms with Crippen molar-refractivity contribution in [2.24, 2.45) is 0 Å². The number of halogens is 1. The summed E-state index contributed by atoms with van der Waals surface area (Å²) in [5.41, 5.74) is 1.96. The number of fused-ring (bicyclic) bond motifs is 2. The van der Waals surface area contributed by atoms with Gasteiger partial charge in [0, 0.05) is 27.8 Å². The van der Waals surface area contributed by atoms with Crippen LogP contribution in [0.5, 0.6) is 0 Å². The number of carbonyl (C=O) groups excluding carboxylic acids is 3. The largest absolute Gasteiger partial charge is 0.321 e. The quantitative estimate of drug-likeness (QED) is 0.576. The van der Waals surface area contributed by atoms with Gasteiger partial charge in [-0.05, 0) is 24.3 Å². The molecule has 3 aromatic carbocycles. The van der Waals surface area contributed by atoms with Gasteiger partial charge in [-0.2, -0.15) is 0 Å². The van der Waals surface area contributed by atoms with Crippen LogP contribution in [-0.4, -0.2) is 17.5 Å². The van der Waals surface area contributed by atoms with E-state index >= 15 is 0 Å². The normalized spacial score (nSPS) is 12.3. The Morgan fingerprint density at radius 2 is 1.27 bits per heavy atom. The van der Waals surface area contributed by atoms with E-state index in [-0.39, 0.29) is 33.6 Å². The summed E-state index contributed by atoms with van der Waals surface area (Å²) in [5.74, 6) is -0.859. The Kier molecular flexibility index (Phi) is 3.90. The summed E-state index contributed by atoms with van der Waals surface area (Å²) in [6.45, 7) is 0. The van der Waals surface area contributed by atoms with Crippen LogP contribution in [-0.2, 0) is 0 Å². The third-order valence-electron chi connectivity index (χ3n) is 4.30. The molecular weight excluding hydrogens is 350 g/mol. The minimum absolute atomic E-state index is 0.202. The number of hydrogen-bond donors (Lipinski definition) is 1. The van der Waals surface area contributed by atoms with Crippen molar-refractivity contribution in [2.45, 2.75) is 0 Å². The lowest BCUT2D eigenvalue weighted by Crippen LogP contribution is -2.21. The van der Waals surface area contributed by atoms with E-state index in [9.17, 15) is 14.4 Å². The fourth-order valence-corrected chi connectivity index (χ4v) is 3.21. The van der Waals surface area contributed by atoms with Crippen molar-refractivity contribution in [1.29, 1.82) is 0 Å². The van der Waals surface area contributed by atoms with E-state index in [2.05, 4.69) is 5.32 Å². The van der Waals surface area contributed by atoms with Gasteiger partial charge in [0.15, 0.2) is 11.6 Å². The highest BCUT2D eigenvalue weighted by Crippen LogP contribution is 2.33. The van der Waals surface area contributed by atoms with Crippen molar-refractivity contribution in [3.05, 3.63) is 99.6 Å². The average molecular weight is 362 g/mol. The number of rotatable bonds is 2. The molecule has 1 aliphatic carbocycles. The molecule has 0 saturated carbocycles. The maximum absolute atomic E-state index is 12.8. The number of hydrogen-bond acceptors (Lipinski definition) is 3. The number of nitrogens with one attached hydrogen (secondary N) is 1. The van der Waals surface area contributed by atoms with Gasteiger partial charge in [-0.1, -0.05) is 54.1 Å². The lowest BCUT2D eigenvalue weighted by molar-refractivity contribution is 0.0979. The van der Waals surface area contributed by atoms with Gasteiger partial charge in [0.2, 0.25) is 0 Å². The highest BCUT2D eigenvalue weighted by atomic mass is 35.5. The van der Waals surface area contributed by atoms with Crippen molar-refractivity contribution in [1.82, 2.24) is 0 Å². The molecule has 0 aromatic heterocycles. The number of benzene rings is 3. The predicted octanol–water partition coefficient (Wildman–Crippen LogP) is 4.37. The second-order valence-corrected chi connectivity index (χ2v) is 6.31. The van der Waals surface area contributed by atoms with E-state index in [1.165, 1.54) is 12.1 Å². The lowest BCUT2D eigenvalue weighted by atomic mass is 9.84. The Hall–Kier alpha value is -3.24. The monoisotopic (exact) mass is 361 g/mol. The zero-order valence-corrected chi connectivity index (χ0v) is 14.2. The number of amides is 1. The van der Waals surface area contributed by atoms with Gasteiger partial charge in [0.25, 0.3) is 5.91 Å². The van der Waals surface area contributed by atoms with E-state index in [4.69, 9.17) is 11.6 Å². The van der Waals surface area contributed by atoms with Crippen LogP contribution >= 0.6 is 11.6 Å². The predicted molar refractivity (Wildman–Crippen MR) is 99.2 cm³/mol. The zero-order chi connectivity index (χ0) is 18.3. The summed E-state index contributed by atoms with van der Waals surface area (Å²) in [6.07, 6.45) is 0. The molecule has 3 aromatic rings. The molecule has 126 valence electrons. The molecule has 4 nitrogen and oxygen atoms in total. The second kappa shape index (κ2) is 6.24. The minimum Gasteiger partial charge on any atom is -0.321 e. The highest BCUT2D eigenvalue weighted by Gasteiger charge is 2.30. The highest BCUT2D eigenvalue weighted by molar-refractivity contribution is 6.36. The van der Waals surface area contributed by atoms with Gasteiger partial charge in [0.1, 0.15) is 0 Å². The average Bonchev–Trinajstić information content (AvgIpc) is 2.68. The molecule has 0 fully saturated rings. The van der Waals surface area contributed by atoms with Crippen LogP contribution in [0, 0.1) is 0 Å². The Balaban J connectivity index is 1.75. The van der Waals surface area contributed by atoms with Gasteiger partial charge >= 0.3 is 0 Å². The molecule has 5 heteroatoms. The van der Waals surface area contributed by atoms with Crippen LogP contribution in [0.3, 0.4) is 0 Å². The second-order valence-electron chi connectivity index (χ2n) is 5.90. The fourth-order valence-electron chi connectivity index (χ4n) is 3.00. The summed E-state index contributed by atoms with van der Waals surface area (Å²) in [5, 5.41) is 2.90. The molecule has 1 amide bonds. The Bertz CT molecular complexity index is 1070. The number of carbonyl (C=O) groups is 3. The van der Waals surface area contributed by atoms with Crippen LogP contribution < -0.4 is 5.32 Å². The van der Waals surface area contributed by atoms with Gasteiger partial charge in [0.05, 0.1) is 10.7 Å². The van der Waals surface area contributed by atoms with Crippen molar-refractivity contribution >= 4 is 34.8 Å². The first-order chi connectivity index (χ1) is 12.6.